The Morgan fingerprint density at radius 2 is 2.00 bits per heavy atom. The van der Waals surface area contributed by atoms with Gasteiger partial charge in [-0.3, -0.25) is 9.58 Å². The van der Waals surface area contributed by atoms with Crippen LogP contribution in [0, 0.1) is 0 Å². The van der Waals surface area contributed by atoms with E-state index >= 15 is 0 Å². The standard InChI is InChI=1S/C15H26ClN3O/c1-4-12-14(16)13(19(5-2)17-12)10-18(3)11-15(20)8-6-7-9-15/h20H,4-11H2,1-3H3. The number of halogens is 1. The number of aliphatic hydroxyl groups is 1. The van der Waals surface area contributed by atoms with Crippen LogP contribution < -0.4 is 0 Å². The maximum Gasteiger partial charge on any atom is 0.0863 e. The lowest BCUT2D eigenvalue weighted by atomic mass is 10.0. The third-order valence-corrected chi connectivity index (χ3v) is 4.65. The Hall–Kier alpha value is -0.580. The normalized spacial score (nSPS) is 18.1. The van der Waals surface area contributed by atoms with Crippen molar-refractivity contribution < 1.29 is 5.11 Å². The van der Waals surface area contributed by atoms with Gasteiger partial charge in [0.1, 0.15) is 0 Å². The van der Waals surface area contributed by atoms with Crippen molar-refractivity contribution in [2.75, 3.05) is 13.6 Å². The molecule has 1 aromatic rings. The highest BCUT2D eigenvalue weighted by Crippen LogP contribution is 2.31. The number of rotatable bonds is 6. The summed E-state index contributed by atoms with van der Waals surface area (Å²) < 4.78 is 1.98. The molecular formula is C15H26ClN3O. The van der Waals surface area contributed by atoms with Gasteiger partial charge in [0.2, 0.25) is 0 Å². The average molecular weight is 300 g/mol. The van der Waals surface area contributed by atoms with Crippen LogP contribution in [0.4, 0.5) is 0 Å². The Balaban J connectivity index is 2.07. The Bertz CT molecular complexity index is 452. The van der Waals surface area contributed by atoms with E-state index in [0.717, 1.165) is 61.6 Å². The fraction of sp³-hybridized carbons (Fsp3) is 0.800. The molecule has 0 radical (unpaired) electrons. The fourth-order valence-corrected chi connectivity index (χ4v) is 3.50. The summed E-state index contributed by atoms with van der Waals surface area (Å²) in [7, 11) is 2.05. The zero-order valence-corrected chi connectivity index (χ0v) is 13.6. The maximum atomic E-state index is 10.5. The average Bonchev–Trinajstić information content (AvgIpc) is 2.95. The van der Waals surface area contributed by atoms with Crippen molar-refractivity contribution >= 4 is 11.6 Å². The summed E-state index contributed by atoms with van der Waals surface area (Å²) in [5.41, 5.74) is 1.53. The van der Waals surface area contributed by atoms with E-state index in [-0.39, 0.29) is 0 Å². The highest BCUT2D eigenvalue weighted by atomic mass is 35.5. The fourth-order valence-electron chi connectivity index (χ4n) is 3.17. The molecule has 0 aromatic carbocycles. The minimum Gasteiger partial charge on any atom is -0.389 e. The molecule has 0 aliphatic heterocycles. The van der Waals surface area contributed by atoms with Crippen LogP contribution in [0.1, 0.15) is 50.9 Å². The summed E-state index contributed by atoms with van der Waals surface area (Å²) in [4.78, 5) is 2.17. The first-order valence-corrected chi connectivity index (χ1v) is 8.02. The number of aromatic nitrogens is 2. The summed E-state index contributed by atoms with van der Waals surface area (Å²) in [5, 5.41) is 15.8. The van der Waals surface area contributed by atoms with Gasteiger partial charge in [-0.05, 0) is 33.2 Å². The van der Waals surface area contributed by atoms with Crippen LogP contribution >= 0.6 is 11.6 Å². The van der Waals surface area contributed by atoms with E-state index in [2.05, 4.69) is 23.8 Å². The molecule has 0 saturated heterocycles. The Morgan fingerprint density at radius 3 is 2.55 bits per heavy atom. The SMILES string of the molecule is CCc1nn(CC)c(CN(C)CC2(O)CCCC2)c1Cl. The van der Waals surface area contributed by atoms with Gasteiger partial charge in [-0.1, -0.05) is 31.4 Å². The monoisotopic (exact) mass is 299 g/mol. The molecule has 0 amide bonds. The third kappa shape index (κ3) is 3.35. The summed E-state index contributed by atoms with van der Waals surface area (Å²) in [6.45, 7) is 6.43. The second-order valence-corrected chi connectivity index (χ2v) is 6.36. The predicted molar refractivity (Wildman–Crippen MR) is 82.0 cm³/mol. The molecule has 0 atom stereocenters. The largest absolute Gasteiger partial charge is 0.389 e. The van der Waals surface area contributed by atoms with Gasteiger partial charge >= 0.3 is 0 Å². The van der Waals surface area contributed by atoms with E-state index in [1.807, 2.05) is 11.7 Å². The molecule has 2 rings (SSSR count). The van der Waals surface area contributed by atoms with Crippen LogP contribution in [0.3, 0.4) is 0 Å². The maximum absolute atomic E-state index is 10.5. The number of likely N-dealkylation sites (N-methyl/N-ethyl adjacent to an activating group) is 1. The first-order chi connectivity index (χ1) is 9.49. The van der Waals surface area contributed by atoms with Crippen LogP contribution in [0.15, 0.2) is 0 Å². The van der Waals surface area contributed by atoms with Gasteiger partial charge in [-0.2, -0.15) is 5.10 Å². The molecule has 1 aromatic heterocycles. The van der Waals surface area contributed by atoms with Crippen molar-refractivity contribution in [3.05, 3.63) is 16.4 Å². The van der Waals surface area contributed by atoms with Gasteiger partial charge in [0.15, 0.2) is 0 Å². The van der Waals surface area contributed by atoms with Gasteiger partial charge in [0, 0.05) is 19.6 Å². The van der Waals surface area contributed by atoms with Gasteiger partial charge in [-0.25, -0.2) is 0 Å². The summed E-state index contributed by atoms with van der Waals surface area (Å²) in [5.74, 6) is 0. The summed E-state index contributed by atoms with van der Waals surface area (Å²) >= 11 is 6.43. The highest BCUT2D eigenvalue weighted by Gasteiger charge is 2.32. The van der Waals surface area contributed by atoms with Crippen molar-refractivity contribution in [3.63, 3.8) is 0 Å². The van der Waals surface area contributed by atoms with Gasteiger partial charge in [0.05, 0.1) is 22.0 Å². The highest BCUT2D eigenvalue weighted by molar-refractivity contribution is 6.31. The molecule has 1 saturated carbocycles. The van der Waals surface area contributed by atoms with Crippen molar-refractivity contribution in [2.24, 2.45) is 0 Å². The van der Waals surface area contributed by atoms with Crippen molar-refractivity contribution in [2.45, 2.75) is 64.6 Å². The molecule has 0 spiro atoms. The molecule has 1 aliphatic carbocycles. The summed E-state index contributed by atoms with van der Waals surface area (Å²) in [6, 6.07) is 0. The molecule has 1 heterocycles. The van der Waals surface area contributed by atoms with Crippen molar-refractivity contribution in [1.29, 1.82) is 0 Å². The van der Waals surface area contributed by atoms with Crippen LogP contribution in [0.2, 0.25) is 5.02 Å². The van der Waals surface area contributed by atoms with E-state index in [0.29, 0.717) is 6.54 Å². The van der Waals surface area contributed by atoms with Crippen molar-refractivity contribution in [3.8, 4) is 0 Å². The van der Waals surface area contributed by atoms with Crippen LogP contribution in [0.5, 0.6) is 0 Å². The predicted octanol–water partition coefficient (Wildman–Crippen LogP) is 2.86. The molecule has 1 aliphatic rings. The van der Waals surface area contributed by atoms with Crippen LogP contribution in [0.25, 0.3) is 0 Å². The second-order valence-electron chi connectivity index (χ2n) is 5.98. The number of nitrogens with zero attached hydrogens (tertiary/aromatic N) is 3. The molecule has 20 heavy (non-hydrogen) atoms. The van der Waals surface area contributed by atoms with E-state index in [9.17, 15) is 5.11 Å². The smallest absolute Gasteiger partial charge is 0.0863 e. The molecule has 1 fully saturated rings. The Labute approximate surface area is 126 Å². The van der Waals surface area contributed by atoms with E-state index in [4.69, 9.17) is 11.6 Å². The first kappa shape index (κ1) is 15.8. The third-order valence-electron chi connectivity index (χ3n) is 4.21. The first-order valence-electron chi connectivity index (χ1n) is 7.64. The minimum atomic E-state index is -0.508. The lowest BCUT2D eigenvalue weighted by Gasteiger charge is -2.28. The second kappa shape index (κ2) is 6.46. The van der Waals surface area contributed by atoms with Crippen molar-refractivity contribution in [1.82, 2.24) is 14.7 Å². The van der Waals surface area contributed by atoms with E-state index in [1.54, 1.807) is 0 Å². The quantitative estimate of drug-likeness (QED) is 0.878. The van der Waals surface area contributed by atoms with Gasteiger partial charge in [-0.15, -0.1) is 0 Å². The lowest BCUT2D eigenvalue weighted by molar-refractivity contribution is 0.0140. The summed E-state index contributed by atoms with van der Waals surface area (Å²) in [6.07, 6.45) is 4.96. The Morgan fingerprint density at radius 1 is 1.35 bits per heavy atom. The molecule has 0 unspecified atom stereocenters. The van der Waals surface area contributed by atoms with Gasteiger partial charge in [0.25, 0.3) is 0 Å². The number of hydrogen-bond acceptors (Lipinski definition) is 3. The number of aryl methyl sites for hydroxylation is 2. The molecular weight excluding hydrogens is 274 g/mol. The molecule has 5 heteroatoms. The molecule has 1 N–H and O–H groups in total. The molecule has 114 valence electrons. The van der Waals surface area contributed by atoms with Gasteiger partial charge < -0.3 is 5.11 Å². The zero-order chi connectivity index (χ0) is 14.8. The van der Waals surface area contributed by atoms with E-state index < -0.39 is 5.60 Å². The van der Waals surface area contributed by atoms with E-state index in [1.165, 1.54) is 0 Å². The molecule has 0 bridgehead atoms. The van der Waals surface area contributed by atoms with Crippen LogP contribution in [-0.4, -0.2) is 39.0 Å². The van der Waals surface area contributed by atoms with Crippen LogP contribution in [-0.2, 0) is 19.5 Å². The lowest BCUT2D eigenvalue weighted by Crippen LogP contribution is -2.39. The topological polar surface area (TPSA) is 41.3 Å². The zero-order valence-electron chi connectivity index (χ0n) is 12.8. The Kier molecular flexibility index (Phi) is 5.10. The minimum absolute atomic E-state index is 0.508. The molecule has 4 nitrogen and oxygen atoms in total. The number of hydrogen-bond donors (Lipinski definition) is 1.